The van der Waals surface area contributed by atoms with Crippen molar-refractivity contribution < 1.29 is 0 Å². The zero-order valence-corrected chi connectivity index (χ0v) is 41.3. The molecule has 13 aromatic rings. The molecule has 2 nitrogen and oxygen atoms in total. The van der Waals surface area contributed by atoms with E-state index in [1.54, 1.807) is 0 Å². The largest absolute Gasteiger partial charge is 0.310 e. The van der Waals surface area contributed by atoms with Crippen LogP contribution in [0.15, 0.2) is 303 Å². The molecule has 0 amide bonds. The van der Waals surface area contributed by atoms with E-state index in [0.29, 0.717) is 0 Å². The van der Waals surface area contributed by atoms with Crippen LogP contribution in [0.2, 0.25) is 0 Å². The summed E-state index contributed by atoms with van der Waals surface area (Å²) in [6.45, 7) is 0. The predicted molar refractivity (Wildman–Crippen MR) is 315 cm³/mol. The Balaban J connectivity index is 0.861. The number of rotatable bonds is 10. The van der Waals surface area contributed by atoms with Crippen molar-refractivity contribution in [3.63, 3.8) is 0 Å². The third kappa shape index (κ3) is 7.41. The summed E-state index contributed by atoms with van der Waals surface area (Å²) in [6, 6.07) is 111. The maximum absolute atomic E-state index is 2.48. The SMILES string of the molecule is c1ccc(-c2ccc(-c3ccc(N(c4ccccc4)c4cccc(-c5ccccc5-c5ccc6c7ccccc7n(-c7ccc8c(c7)-c7ccccc7C8(c7ccccc7)c7ccccc7)c6c5)c4)cc3)cc2)cc1. The molecule has 1 aliphatic rings. The summed E-state index contributed by atoms with van der Waals surface area (Å²) in [5, 5.41) is 2.46. The van der Waals surface area contributed by atoms with Gasteiger partial charge < -0.3 is 9.47 Å². The van der Waals surface area contributed by atoms with Crippen molar-refractivity contribution in [2.45, 2.75) is 5.41 Å². The number of hydrogen-bond donors (Lipinski definition) is 0. The van der Waals surface area contributed by atoms with Crippen molar-refractivity contribution >= 4 is 38.9 Å². The van der Waals surface area contributed by atoms with Crippen LogP contribution >= 0.6 is 0 Å². The molecular formula is C73H50N2. The van der Waals surface area contributed by atoms with Crippen molar-refractivity contribution in [2.75, 3.05) is 4.90 Å². The molecule has 0 bridgehead atoms. The summed E-state index contributed by atoms with van der Waals surface area (Å²) < 4.78 is 2.48. The molecule has 2 heteroatoms. The van der Waals surface area contributed by atoms with E-state index in [1.807, 2.05) is 0 Å². The van der Waals surface area contributed by atoms with Gasteiger partial charge in [0.15, 0.2) is 0 Å². The van der Waals surface area contributed by atoms with Crippen molar-refractivity contribution in [3.05, 3.63) is 326 Å². The van der Waals surface area contributed by atoms with Crippen molar-refractivity contribution in [1.82, 2.24) is 4.57 Å². The Hall–Kier alpha value is -9.76. The molecular weight excluding hydrogens is 905 g/mol. The van der Waals surface area contributed by atoms with E-state index in [4.69, 9.17) is 0 Å². The Labute approximate surface area is 438 Å². The molecule has 0 spiro atoms. The van der Waals surface area contributed by atoms with Gasteiger partial charge >= 0.3 is 0 Å². The molecule has 0 N–H and O–H groups in total. The first kappa shape index (κ1) is 44.0. The molecule has 0 fully saturated rings. The normalized spacial score (nSPS) is 12.4. The molecule has 0 saturated carbocycles. The van der Waals surface area contributed by atoms with E-state index >= 15 is 0 Å². The lowest BCUT2D eigenvalue weighted by Crippen LogP contribution is -2.28. The molecule has 0 radical (unpaired) electrons. The minimum absolute atomic E-state index is 0.457. The average Bonchev–Trinajstić information content (AvgIpc) is 4.04. The van der Waals surface area contributed by atoms with E-state index in [0.717, 1.165) is 28.3 Å². The fourth-order valence-electron chi connectivity index (χ4n) is 12.1. The van der Waals surface area contributed by atoms with Gasteiger partial charge in [-0.2, -0.15) is 0 Å². The predicted octanol–water partition coefficient (Wildman–Crippen LogP) is 19.3. The zero-order valence-electron chi connectivity index (χ0n) is 41.3. The summed E-state index contributed by atoms with van der Waals surface area (Å²) in [5.74, 6) is 0. The van der Waals surface area contributed by atoms with Crippen molar-refractivity contribution in [3.8, 4) is 61.3 Å². The fourth-order valence-corrected chi connectivity index (χ4v) is 12.1. The number of anilines is 3. The van der Waals surface area contributed by atoms with Crippen LogP contribution in [0.4, 0.5) is 17.1 Å². The molecule has 0 aliphatic heterocycles. The number of hydrogen-bond acceptors (Lipinski definition) is 1. The summed E-state index contributed by atoms with van der Waals surface area (Å²) in [7, 11) is 0. The number of para-hydroxylation sites is 2. The smallest absolute Gasteiger partial charge is 0.0713 e. The van der Waals surface area contributed by atoms with Gasteiger partial charge in [0.2, 0.25) is 0 Å². The molecule has 1 aromatic heterocycles. The highest BCUT2D eigenvalue weighted by molar-refractivity contribution is 6.11. The highest BCUT2D eigenvalue weighted by atomic mass is 15.1. The summed E-state index contributed by atoms with van der Waals surface area (Å²) in [5.41, 5.74) is 23.5. The van der Waals surface area contributed by atoms with E-state index in [9.17, 15) is 0 Å². The lowest BCUT2D eigenvalue weighted by atomic mass is 9.68. The Morgan fingerprint density at radius 1 is 0.253 bits per heavy atom. The van der Waals surface area contributed by atoms with Gasteiger partial charge in [-0.25, -0.2) is 0 Å². The van der Waals surface area contributed by atoms with E-state index in [-0.39, 0.29) is 0 Å². The van der Waals surface area contributed by atoms with Gasteiger partial charge in [0.1, 0.15) is 0 Å². The van der Waals surface area contributed by atoms with Gasteiger partial charge in [-0.15, -0.1) is 0 Å². The first-order chi connectivity index (χ1) is 37.2. The summed E-state index contributed by atoms with van der Waals surface area (Å²) in [6.07, 6.45) is 0. The van der Waals surface area contributed by atoms with Crippen LogP contribution in [0.5, 0.6) is 0 Å². The second-order valence-electron chi connectivity index (χ2n) is 19.6. The monoisotopic (exact) mass is 954 g/mol. The van der Waals surface area contributed by atoms with Gasteiger partial charge in [-0.05, 0) is 139 Å². The number of aromatic nitrogens is 1. The third-order valence-corrected chi connectivity index (χ3v) is 15.5. The van der Waals surface area contributed by atoms with Crippen LogP contribution < -0.4 is 4.90 Å². The Morgan fingerprint density at radius 2 is 0.707 bits per heavy atom. The highest BCUT2D eigenvalue weighted by Gasteiger charge is 2.46. The highest BCUT2D eigenvalue weighted by Crippen LogP contribution is 2.56. The first-order valence-corrected chi connectivity index (χ1v) is 25.9. The fraction of sp³-hybridized carbons (Fsp3) is 0.0137. The van der Waals surface area contributed by atoms with E-state index in [2.05, 4.69) is 313 Å². The summed E-state index contributed by atoms with van der Waals surface area (Å²) >= 11 is 0. The Kier molecular flexibility index (Phi) is 10.8. The van der Waals surface area contributed by atoms with E-state index in [1.165, 1.54) is 94.1 Å². The Morgan fingerprint density at radius 3 is 1.37 bits per heavy atom. The van der Waals surface area contributed by atoms with Gasteiger partial charge in [-0.1, -0.05) is 243 Å². The van der Waals surface area contributed by atoms with Crippen LogP contribution in [0, 0.1) is 0 Å². The molecule has 12 aromatic carbocycles. The number of fused-ring (bicyclic) bond motifs is 6. The van der Waals surface area contributed by atoms with E-state index < -0.39 is 5.41 Å². The third-order valence-electron chi connectivity index (χ3n) is 15.5. The average molecular weight is 955 g/mol. The van der Waals surface area contributed by atoms with Gasteiger partial charge in [0.25, 0.3) is 0 Å². The first-order valence-electron chi connectivity index (χ1n) is 25.9. The van der Waals surface area contributed by atoms with Crippen molar-refractivity contribution in [1.29, 1.82) is 0 Å². The lowest BCUT2D eigenvalue weighted by molar-refractivity contribution is 0.768. The van der Waals surface area contributed by atoms with Crippen LogP contribution in [0.1, 0.15) is 22.3 Å². The van der Waals surface area contributed by atoms with Crippen LogP contribution in [0.25, 0.3) is 83.1 Å². The number of benzene rings is 12. The molecule has 1 heterocycles. The zero-order chi connectivity index (χ0) is 49.7. The molecule has 0 saturated heterocycles. The van der Waals surface area contributed by atoms with Crippen molar-refractivity contribution in [2.24, 2.45) is 0 Å². The Bertz CT molecular complexity index is 4160. The molecule has 75 heavy (non-hydrogen) atoms. The lowest BCUT2D eigenvalue weighted by Gasteiger charge is -2.33. The minimum atomic E-state index is -0.457. The quantitative estimate of drug-likeness (QED) is 0.133. The van der Waals surface area contributed by atoms with Crippen LogP contribution in [-0.4, -0.2) is 4.57 Å². The second kappa shape index (κ2) is 18.4. The maximum atomic E-state index is 2.48. The molecule has 0 atom stereocenters. The second-order valence-corrected chi connectivity index (χ2v) is 19.6. The van der Waals surface area contributed by atoms with Gasteiger partial charge in [0.05, 0.1) is 16.4 Å². The summed E-state index contributed by atoms with van der Waals surface area (Å²) in [4.78, 5) is 2.36. The van der Waals surface area contributed by atoms with Gasteiger partial charge in [-0.3, -0.25) is 0 Å². The van der Waals surface area contributed by atoms with Crippen LogP contribution in [0.3, 0.4) is 0 Å². The standard InChI is InChI=1S/C73H50N2/c1-5-20-51(21-6-1)52-36-38-53(39-37-52)54-40-43-60(44-41-54)74(59-27-11-4-12-28-59)61-29-19-22-55(48-61)63-30-13-14-31-64(63)56-42-46-67-66-33-16-18-35-71(66)75(72(67)49-56)62-45-47-70-68(50-62)65-32-15-17-34-69(65)73(70,57-23-7-2-8-24-57)58-25-9-3-10-26-58/h1-50H. The molecule has 0 unspecified atom stereocenters. The minimum Gasteiger partial charge on any atom is -0.310 e. The maximum Gasteiger partial charge on any atom is 0.0713 e. The topological polar surface area (TPSA) is 8.17 Å². The van der Waals surface area contributed by atoms with Crippen LogP contribution in [-0.2, 0) is 5.41 Å². The van der Waals surface area contributed by atoms with Gasteiger partial charge in [0, 0.05) is 33.5 Å². The molecule has 352 valence electrons. The number of nitrogens with zero attached hydrogens (tertiary/aromatic N) is 2. The molecule has 1 aliphatic carbocycles. The molecule has 14 rings (SSSR count).